The van der Waals surface area contributed by atoms with E-state index in [0.29, 0.717) is 25.7 Å². The van der Waals surface area contributed by atoms with Gasteiger partial charge in [-0.25, -0.2) is 0 Å². The first kappa shape index (κ1) is 45.2. The fraction of sp³-hybridized carbons (Fsp3) is 0.714. The third kappa shape index (κ3) is 20.0. The van der Waals surface area contributed by atoms with Crippen LogP contribution in [-0.4, -0.2) is 80.6 Å². The Hall–Kier alpha value is -1.70. The first-order valence-corrected chi connectivity index (χ1v) is 11.1. The Bertz CT molecular complexity index is 674. The van der Waals surface area contributed by atoms with Crippen LogP contribution >= 0.6 is 49.6 Å². The van der Waals surface area contributed by atoms with Gasteiger partial charge in [0.2, 0.25) is 11.8 Å². The smallest absolute Gasteiger partial charge is 0.320 e. The third-order valence-corrected chi connectivity index (χ3v) is 5.12. The molecule has 2 unspecified atom stereocenters. The zero-order valence-electron chi connectivity index (χ0n) is 21.1. The summed E-state index contributed by atoms with van der Waals surface area (Å²) in [4.78, 5) is 49.0. The number of nitrogens with two attached hydrogens (primary N) is 2. The van der Waals surface area contributed by atoms with E-state index in [2.05, 4.69) is 0 Å². The Morgan fingerprint density at radius 3 is 1.19 bits per heavy atom. The molecule has 220 valence electrons. The van der Waals surface area contributed by atoms with Crippen LogP contribution < -0.4 is 11.5 Å². The number of hydrogen-bond acceptors (Lipinski definition) is 8. The highest BCUT2D eigenvalue weighted by Crippen LogP contribution is 2.10. The van der Waals surface area contributed by atoms with Gasteiger partial charge in [-0.2, -0.15) is 0 Å². The number of hydrogen-bond donors (Lipinski definition) is 6. The van der Waals surface area contributed by atoms with Gasteiger partial charge in [-0.3, -0.25) is 30.0 Å². The highest BCUT2D eigenvalue weighted by Gasteiger charge is 2.19. The standard InChI is InChI=1S/C21H38N6O6.4ClH/c1-14(22)26(12-5-3-8-16(24)20(30)31)18(28)10-7-11-19(29)27(15(2)23)13-6-4-9-17(25)21(32)33;;;;/h16-17,22-23H,3-13,24-25H2,1-2H3,(H,30,31)(H,32,33);4*1H. The molecule has 37 heavy (non-hydrogen) atoms. The SMILES string of the molecule is CC(=N)N(CCCCC(N)C(=O)O)C(=O)CCCC(=O)N(CCCCC(N)C(=O)O)C(C)=N.Cl.Cl.Cl.Cl. The van der Waals surface area contributed by atoms with E-state index in [4.69, 9.17) is 32.5 Å². The molecule has 0 saturated heterocycles. The molecule has 0 fully saturated rings. The molecule has 2 amide bonds. The van der Waals surface area contributed by atoms with Crippen molar-refractivity contribution in [3.8, 4) is 0 Å². The Morgan fingerprint density at radius 2 is 0.946 bits per heavy atom. The van der Waals surface area contributed by atoms with Crippen LogP contribution in [0.5, 0.6) is 0 Å². The molecule has 0 radical (unpaired) electrons. The van der Waals surface area contributed by atoms with Gasteiger partial charge in [0.15, 0.2) is 0 Å². The number of carboxylic acids is 2. The number of carboxylic acid groups (broad SMARTS) is 2. The second-order valence-electron chi connectivity index (χ2n) is 8.00. The Kier molecular flexibility index (Phi) is 30.1. The quantitative estimate of drug-likeness (QED) is 0.0859. The summed E-state index contributed by atoms with van der Waals surface area (Å²) in [6, 6.07) is -1.90. The number of aliphatic carboxylic acids is 2. The van der Waals surface area contributed by atoms with E-state index in [0.717, 1.165) is 0 Å². The number of carbonyl (C=O) groups excluding carboxylic acids is 2. The zero-order chi connectivity index (χ0) is 25.6. The lowest BCUT2D eigenvalue weighted by Crippen LogP contribution is -2.37. The maximum absolute atomic E-state index is 12.5. The van der Waals surface area contributed by atoms with Gasteiger partial charge in [0, 0.05) is 25.9 Å². The van der Waals surface area contributed by atoms with Crippen LogP contribution in [0.3, 0.4) is 0 Å². The maximum atomic E-state index is 12.5. The lowest BCUT2D eigenvalue weighted by atomic mass is 10.1. The van der Waals surface area contributed by atoms with Crippen molar-refractivity contribution in [2.75, 3.05) is 13.1 Å². The fourth-order valence-electron chi connectivity index (χ4n) is 3.13. The van der Waals surface area contributed by atoms with E-state index < -0.39 is 24.0 Å². The van der Waals surface area contributed by atoms with Crippen LogP contribution in [0.25, 0.3) is 0 Å². The Labute approximate surface area is 242 Å². The zero-order valence-corrected chi connectivity index (χ0v) is 24.4. The molecule has 0 aliphatic heterocycles. The maximum Gasteiger partial charge on any atom is 0.320 e. The highest BCUT2D eigenvalue weighted by atomic mass is 35.5. The summed E-state index contributed by atoms with van der Waals surface area (Å²) in [7, 11) is 0. The predicted molar refractivity (Wildman–Crippen MR) is 152 cm³/mol. The Balaban J connectivity index is -0.000000853. The summed E-state index contributed by atoms with van der Waals surface area (Å²) in [5.41, 5.74) is 10.9. The molecule has 12 nitrogen and oxygen atoms in total. The number of amidine groups is 2. The number of carbonyl (C=O) groups is 4. The summed E-state index contributed by atoms with van der Waals surface area (Å²) in [5.74, 6) is -2.59. The molecular formula is C21H42Cl4N6O6. The number of amides is 2. The average molecular weight is 616 g/mol. The van der Waals surface area contributed by atoms with Crippen molar-refractivity contribution in [1.29, 1.82) is 10.8 Å². The fourth-order valence-corrected chi connectivity index (χ4v) is 3.13. The first-order valence-electron chi connectivity index (χ1n) is 11.1. The van der Waals surface area contributed by atoms with Gasteiger partial charge in [0.1, 0.15) is 12.1 Å². The van der Waals surface area contributed by atoms with Crippen LogP contribution in [0.15, 0.2) is 0 Å². The molecule has 0 heterocycles. The molecule has 8 N–H and O–H groups in total. The van der Waals surface area contributed by atoms with Crippen LogP contribution in [0.2, 0.25) is 0 Å². The predicted octanol–water partition coefficient (Wildman–Crippen LogP) is 2.66. The molecule has 0 aliphatic carbocycles. The minimum atomic E-state index is -1.08. The second kappa shape index (κ2) is 24.6. The van der Waals surface area contributed by atoms with Crippen molar-refractivity contribution in [3.05, 3.63) is 0 Å². The monoisotopic (exact) mass is 614 g/mol. The third-order valence-electron chi connectivity index (χ3n) is 5.12. The van der Waals surface area contributed by atoms with Gasteiger partial charge in [-0.1, -0.05) is 0 Å². The molecule has 0 spiro atoms. The lowest BCUT2D eigenvalue weighted by Gasteiger charge is -2.23. The average Bonchev–Trinajstić information content (AvgIpc) is 2.71. The molecule has 0 aromatic carbocycles. The molecule has 0 aromatic rings. The number of nitrogens with one attached hydrogen (secondary N) is 2. The van der Waals surface area contributed by atoms with Crippen LogP contribution in [0.4, 0.5) is 0 Å². The largest absolute Gasteiger partial charge is 0.480 e. The van der Waals surface area contributed by atoms with E-state index in [1.807, 2.05) is 0 Å². The summed E-state index contributed by atoms with van der Waals surface area (Å²) >= 11 is 0. The highest BCUT2D eigenvalue weighted by molar-refractivity contribution is 5.97. The minimum Gasteiger partial charge on any atom is -0.480 e. The van der Waals surface area contributed by atoms with Gasteiger partial charge in [-0.15, -0.1) is 49.6 Å². The van der Waals surface area contributed by atoms with Crippen LogP contribution in [-0.2, 0) is 19.2 Å². The number of unbranched alkanes of at least 4 members (excludes halogenated alkanes) is 2. The topological polar surface area (TPSA) is 215 Å². The molecule has 0 saturated carbocycles. The lowest BCUT2D eigenvalue weighted by molar-refractivity contribution is -0.139. The van der Waals surface area contributed by atoms with E-state index in [-0.39, 0.29) is 118 Å². The Morgan fingerprint density at radius 1 is 0.649 bits per heavy atom. The van der Waals surface area contributed by atoms with E-state index in [1.54, 1.807) is 0 Å². The normalized spacial score (nSPS) is 11.1. The summed E-state index contributed by atoms with van der Waals surface area (Å²) in [5, 5.41) is 33.2. The summed E-state index contributed by atoms with van der Waals surface area (Å²) in [6.07, 6.45) is 2.99. The van der Waals surface area contributed by atoms with Crippen molar-refractivity contribution < 1.29 is 29.4 Å². The molecular weight excluding hydrogens is 574 g/mol. The van der Waals surface area contributed by atoms with Gasteiger partial charge < -0.3 is 31.5 Å². The number of rotatable bonds is 16. The van der Waals surface area contributed by atoms with Crippen LogP contribution in [0, 0.1) is 10.8 Å². The first-order chi connectivity index (χ1) is 15.4. The van der Waals surface area contributed by atoms with E-state index in [1.165, 1.54) is 23.6 Å². The van der Waals surface area contributed by atoms with Crippen molar-refractivity contribution in [2.24, 2.45) is 11.5 Å². The summed E-state index contributed by atoms with van der Waals surface area (Å²) in [6.45, 7) is 3.53. The van der Waals surface area contributed by atoms with Gasteiger partial charge >= 0.3 is 11.9 Å². The van der Waals surface area contributed by atoms with Crippen molar-refractivity contribution in [2.45, 2.75) is 83.7 Å². The van der Waals surface area contributed by atoms with Crippen LogP contribution in [0.1, 0.15) is 71.6 Å². The van der Waals surface area contributed by atoms with Gasteiger partial charge in [-0.05, 0) is 58.8 Å². The molecule has 2 atom stereocenters. The van der Waals surface area contributed by atoms with Crippen molar-refractivity contribution >= 4 is 85.1 Å². The molecule has 0 rings (SSSR count). The number of nitrogens with zero attached hydrogens (tertiary/aromatic N) is 2. The number of halogens is 4. The second-order valence-corrected chi connectivity index (χ2v) is 8.00. The van der Waals surface area contributed by atoms with Gasteiger partial charge in [0.25, 0.3) is 0 Å². The molecule has 16 heteroatoms. The van der Waals surface area contributed by atoms with Gasteiger partial charge in [0.05, 0.1) is 11.7 Å². The van der Waals surface area contributed by atoms with E-state index >= 15 is 0 Å². The van der Waals surface area contributed by atoms with Crippen molar-refractivity contribution in [1.82, 2.24) is 9.80 Å². The molecule has 0 aromatic heterocycles. The summed E-state index contributed by atoms with van der Waals surface area (Å²) < 4.78 is 0. The van der Waals surface area contributed by atoms with Crippen molar-refractivity contribution in [3.63, 3.8) is 0 Å². The molecule has 0 aliphatic rings. The minimum absolute atomic E-state index is 0. The molecule has 0 bridgehead atoms. The van der Waals surface area contributed by atoms with E-state index in [9.17, 15) is 19.2 Å².